The molecule has 0 saturated carbocycles. The first kappa shape index (κ1) is 15.3. The Morgan fingerprint density at radius 3 is 2.40 bits per heavy atom. The monoisotopic (exact) mass is 333 g/mol. The molecule has 0 aromatic heterocycles. The first-order valence-corrected chi connectivity index (χ1v) is 7.82. The molecule has 106 valence electrons. The van der Waals surface area contributed by atoms with Crippen LogP contribution >= 0.6 is 23.2 Å². The van der Waals surface area contributed by atoms with Crippen LogP contribution in [0.3, 0.4) is 0 Å². The van der Waals surface area contributed by atoms with E-state index in [2.05, 4.69) is 4.72 Å². The van der Waals surface area contributed by atoms with Crippen LogP contribution in [0.2, 0.25) is 10.0 Å². The zero-order valence-electron chi connectivity index (χ0n) is 10.1. The summed E-state index contributed by atoms with van der Waals surface area (Å²) in [7, 11) is -3.91. The van der Waals surface area contributed by atoms with Crippen molar-refractivity contribution in [1.82, 2.24) is 4.72 Å². The SMILES string of the molecule is O=S(=O)(NCc1ccc(Cl)c(Cl)c1)c1ccccc1F. The molecule has 3 nitrogen and oxygen atoms in total. The lowest BCUT2D eigenvalue weighted by atomic mass is 10.2. The van der Waals surface area contributed by atoms with Gasteiger partial charge in [-0.2, -0.15) is 0 Å². The highest BCUT2D eigenvalue weighted by molar-refractivity contribution is 7.89. The predicted molar refractivity (Wildman–Crippen MR) is 76.9 cm³/mol. The first-order chi connectivity index (χ1) is 9.40. The van der Waals surface area contributed by atoms with Crippen molar-refractivity contribution >= 4 is 33.2 Å². The van der Waals surface area contributed by atoms with E-state index in [1.165, 1.54) is 18.2 Å². The fourth-order valence-corrected chi connectivity index (χ4v) is 2.98. The molecule has 0 spiro atoms. The number of benzene rings is 2. The van der Waals surface area contributed by atoms with Gasteiger partial charge in [-0.1, -0.05) is 41.4 Å². The Hall–Kier alpha value is -1.14. The maximum absolute atomic E-state index is 13.5. The third-order valence-electron chi connectivity index (χ3n) is 2.58. The molecular formula is C13H10Cl2FNO2S. The number of nitrogens with one attached hydrogen (secondary N) is 1. The molecule has 0 radical (unpaired) electrons. The van der Waals surface area contributed by atoms with Gasteiger partial charge in [-0.05, 0) is 29.8 Å². The van der Waals surface area contributed by atoms with Gasteiger partial charge in [-0.25, -0.2) is 17.5 Å². The molecule has 0 saturated heterocycles. The van der Waals surface area contributed by atoms with Crippen LogP contribution in [0.5, 0.6) is 0 Å². The quantitative estimate of drug-likeness (QED) is 0.928. The van der Waals surface area contributed by atoms with Crippen molar-refractivity contribution in [3.63, 3.8) is 0 Å². The molecular weight excluding hydrogens is 324 g/mol. The molecule has 2 aromatic rings. The van der Waals surface area contributed by atoms with Crippen LogP contribution in [-0.2, 0) is 16.6 Å². The van der Waals surface area contributed by atoms with Crippen LogP contribution in [0, 0.1) is 5.82 Å². The van der Waals surface area contributed by atoms with Crippen LogP contribution < -0.4 is 4.72 Å². The summed E-state index contributed by atoms with van der Waals surface area (Å²) >= 11 is 11.6. The van der Waals surface area contributed by atoms with Crippen LogP contribution in [-0.4, -0.2) is 8.42 Å². The molecule has 20 heavy (non-hydrogen) atoms. The fraction of sp³-hybridized carbons (Fsp3) is 0.0769. The molecule has 0 aliphatic carbocycles. The summed E-state index contributed by atoms with van der Waals surface area (Å²) < 4.78 is 39.7. The number of hydrogen-bond acceptors (Lipinski definition) is 2. The van der Waals surface area contributed by atoms with E-state index in [1.54, 1.807) is 18.2 Å². The summed E-state index contributed by atoms with van der Waals surface area (Å²) in [5.41, 5.74) is 0.624. The van der Waals surface area contributed by atoms with Crippen molar-refractivity contribution in [2.75, 3.05) is 0 Å². The van der Waals surface area contributed by atoms with E-state index in [4.69, 9.17) is 23.2 Å². The van der Waals surface area contributed by atoms with Crippen molar-refractivity contribution in [3.05, 3.63) is 63.9 Å². The summed E-state index contributed by atoms with van der Waals surface area (Å²) in [6.07, 6.45) is 0. The molecule has 0 aliphatic heterocycles. The Kier molecular flexibility index (Phi) is 4.65. The lowest BCUT2D eigenvalue weighted by molar-refractivity contribution is 0.557. The number of hydrogen-bond donors (Lipinski definition) is 1. The molecule has 0 atom stereocenters. The van der Waals surface area contributed by atoms with E-state index in [0.717, 1.165) is 6.07 Å². The van der Waals surface area contributed by atoms with Gasteiger partial charge in [0.25, 0.3) is 0 Å². The third kappa shape index (κ3) is 3.49. The minimum absolute atomic E-state index is 0.00639. The minimum atomic E-state index is -3.91. The second-order valence-electron chi connectivity index (χ2n) is 4.00. The van der Waals surface area contributed by atoms with E-state index in [9.17, 15) is 12.8 Å². The second kappa shape index (κ2) is 6.10. The molecule has 0 fully saturated rings. The number of sulfonamides is 1. The minimum Gasteiger partial charge on any atom is -0.207 e. The Morgan fingerprint density at radius 1 is 1.05 bits per heavy atom. The summed E-state index contributed by atoms with van der Waals surface area (Å²) in [6.45, 7) is -0.00639. The molecule has 2 aromatic carbocycles. The van der Waals surface area contributed by atoms with E-state index in [0.29, 0.717) is 15.6 Å². The zero-order valence-corrected chi connectivity index (χ0v) is 12.4. The van der Waals surface area contributed by atoms with E-state index in [-0.39, 0.29) is 11.4 Å². The smallest absolute Gasteiger partial charge is 0.207 e. The Labute approximate surface area is 126 Å². The van der Waals surface area contributed by atoms with Gasteiger partial charge in [0, 0.05) is 6.54 Å². The Balaban J connectivity index is 2.17. The first-order valence-electron chi connectivity index (χ1n) is 5.58. The summed E-state index contributed by atoms with van der Waals surface area (Å²) in [6, 6.07) is 9.92. The molecule has 0 aliphatic rings. The van der Waals surface area contributed by atoms with Crippen molar-refractivity contribution < 1.29 is 12.8 Å². The average molecular weight is 334 g/mol. The molecule has 1 N–H and O–H groups in total. The van der Waals surface area contributed by atoms with Crippen molar-refractivity contribution in [2.24, 2.45) is 0 Å². The highest BCUT2D eigenvalue weighted by Crippen LogP contribution is 2.23. The molecule has 7 heteroatoms. The molecule has 0 heterocycles. The van der Waals surface area contributed by atoms with Gasteiger partial charge in [-0.3, -0.25) is 0 Å². The van der Waals surface area contributed by atoms with Gasteiger partial charge in [0.2, 0.25) is 10.0 Å². The Bertz CT molecular complexity index is 735. The molecule has 2 rings (SSSR count). The highest BCUT2D eigenvalue weighted by atomic mass is 35.5. The predicted octanol–water partition coefficient (Wildman–Crippen LogP) is 3.61. The normalized spacial score (nSPS) is 11.6. The maximum Gasteiger partial charge on any atom is 0.243 e. The van der Waals surface area contributed by atoms with Gasteiger partial charge >= 0.3 is 0 Å². The van der Waals surface area contributed by atoms with Crippen LogP contribution in [0.1, 0.15) is 5.56 Å². The van der Waals surface area contributed by atoms with Crippen LogP contribution in [0.4, 0.5) is 4.39 Å². The van der Waals surface area contributed by atoms with Gasteiger partial charge in [0.15, 0.2) is 0 Å². The van der Waals surface area contributed by atoms with E-state index < -0.39 is 15.8 Å². The zero-order chi connectivity index (χ0) is 14.8. The number of rotatable bonds is 4. The van der Waals surface area contributed by atoms with Crippen molar-refractivity contribution in [1.29, 1.82) is 0 Å². The summed E-state index contributed by atoms with van der Waals surface area (Å²) in [5, 5.41) is 0.710. The molecule has 0 amide bonds. The standard InChI is InChI=1S/C13H10Cl2FNO2S/c14-10-6-5-9(7-11(10)15)8-17-20(18,19)13-4-2-1-3-12(13)16/h1-7,17H,8H2. The topological polar surface area (TPSA) is 46.2 Å². The molecule has 0 unspecified atom stereocenters. The van der Waals surface area contributed by atoms with Gasteiger partial charge < -0.3 is 0 Å². The summed E-state index contributed by atoms with van der Waals surface area (Å²) in [4.78, 5) is -0.389. The molecule has 0 bridgehead atoms. The van der Waals surface area contributed by atoms with Crippen molar-refractivity contribution in [3.8, 4) is 0 Å². The fourth-order valence-electron chi connectivity index (χ4n) is 1.57. The van der Waals surface area contributed by atoms with Crippen LogP contribution in [0.15, 0.2) is 47.4 Å². The van der Waals surface area contributed by atoms with Crippen molar-refractivity contribution in [2.45, 2.75) is 11.4 Å². The lowest BCUT2D eigenvalue weighted by Crippen LogP contribution is -2.24. The van der Waals surface area contributed by atoms with E-state index in [1.807, 2.05) is 0 Å². The van der Waals surface area contributed by atoms with E-state index >= 15 is 0 Å². The average Bonchev–Trinajstić information content (AvgIpc) is 2.40. The highest BCUT2D eigenvalue weighted by Gasteiger charge is 2.17. The lowest BCUT2D eigenvalue weighted by Gasteiger charge is -2.08. The van der Waals surface area contributed by atoms with Gasteiger partial charge in [0.05, 0.1) is 10.0 Å². The number of halogens is 3. The maximum atomic E-state index is 13.5. The summed E-state index contributed by atoms with van der Waals surface area (Å²) in [5.74, 6) is -0.797. The third-order valence-corrected chi connectivity index (χ3v) is 4.75. The van der Waals surface area contributed by atoms with Gasteiger partial charge in [-0.15, -0.1) is 0 Å². The van der Waals surface area contributed by atoms with Gasteiger partial charge in [0.1, 0.15) is 10.7 Å². The largest absolute Gasteiger partial charge is 0.243 e. The Morgan fingerprint density at radius 2 is 1.75 bits per heavy atom. The second-order valence-corrected chi connectivity index (χ2v) is 6.55. The van der Waals surface area contributed by atoms with Crippen LogP contribution in [0.25, 0.3) is 0 Å².